The van der Waals surface area contributed by atoms with Crippen molar-refractivity contribution in [1.82, 2.24) is 9.80 Å². The van der Waals surface area contributed by atoms with Crippen molar-refractivity contribution in [3.8, 4) is 0 Å². The summed E-state index contributed by atoms with van der Waals surface area (Å²) in [4.78, 5) is 9.39. The average Bonchev–Trinajstić information content (AvgIpc) is 2.89. The van der Waals surface area contributed by atoms with Gasteiger partial charge in [-0.25, -0.2) is 9.38 Å². The first-order valence-electron chi connectivity index (χ1n) is 7.36. The van der Waals surface area contributed by atoms with Crippen molar-refractivity contribution in [2.75, 3.05) is 38.5 Å². The van der Waals surface area contributed by atoms with Crippen LogP contribution in [0.3, 0.4) is 0 Å². The van der Waals surface area contributed by atoms with Crippen LogP contribution in [0.25, 0.3) is 0 Å². The normalized spacial score (nSPS) is 18.1. The second-order valence-corrected chi connectivity index (χ2v) is 6.45. The van der Waals surface area contributed by atoms with Crippen LogP contribution in [0.4, 0.5) is 21.5 Å². The third kappa shape index (κ3) is 2.38. The fourth-order valence-corrected chi connectivity index (χ4v) is 3.55. The first kappa shape index (κ1) is 13.7. The monoisotopic (exact) mass is 316 g/mol. The number of hydrogen-bond acceptors (Lipinski definition) is 5. The number of thiophene rings is 1. The van der Waals surface area contributed by atoms with Gasteiger partial charge < -0.3 is 15.1 Å². The second kappa shape index (κ2) is 5.37. The molecule has 114 valence electrons. The molecule has 0 atom stereocenters. The molecular weight excluding hydrogens is 299 g/mol. The van der Waals surface area contributed by atoms with Crippen LogP contribution < -0.4 is 5.32 Å². The van der Waals surface area contributed by atoms with Gasteiger partial charge in [-0.3, -0.25) is 0 Å². The Morgan fingerprint density at radius 2 is 1.95 bits per heavy atom. The lowest BCUT2D eigenvalue weighted by Crippen LogP contribution is -2.47. The first-order chi connectivity index (χ1) is 10.7. The summed E-state index contributed by atoms with van der Waals surface area (Å²) in [5.74, 6) is 0.638. The molecule has 0 spiro atoms. The van der Waals surface area contributed by atoms with E-state index in [1.165, 1.54) is 6.07 Å². The number of anilines is 2. The first-order valence-corrected chi connectivity index (χ1v) is 8.30. The molecule has 1 N–H and O–H groups in total. The lowest BCUT2D eigenvalue weighted by Gasteiger charge is -2.34. The summed E-state index contributed by atoms with van der Waals surface area (Å²) in [7, 11) is 2.12. The van der Waals surface area contributed by atoms with Crippen LogP contribution in [0.2, 0.25) is 0 Å². The van der Waals surface area contributed by atoms with Gasteiger partial charge in [-0.05, 0) is 25.2 Å². The van der Waals surface area contributed by atoms with Gasteiger partial charge >= 0.3 is 0 Å². The molecule has 22 heavy (non-hydrogen) atoms. The van der Waals surface area contributed by atoms with Crippen LogP contribution >= 0.6 is 11.3 Å². The van der Waals surface area contributed by atoms with E-state index in [4.69, 9.17) is 4.99 Å². The third-order valence-electron chi connectivity index (χ3n) is 4.16. The second-order valence-electron chi connectivity index (χ2n) is 5.71. The molecule has 1 saturated heterocycles. The van der Waals surface area contributed by atoms with E-state index in [2.05, 4.69) is 22.2 Å². The fourth-order valence-electron chi connectivity index (χ4n) is 2.86. The number of amidine groups is 1. The van der Waals surface area contributed by atoms with Gasteiger partial charge in [-0.15, -0.1) is 11.3 Å². The van der Waals surface area contributed by atoms with Crippen LogP contribution in [0.15, 0.2) is 34.0 Å². The lowest BCUT2D eigenvalue weighted by atomic mass is 10.1. The standard InChI is InChI=1S/C16H17FN4S/c1-20-4-6-21(7-5-20)16-12-8-11(17)2-3-13(12)18-14-9-22-10-15(14)19-16/h2-3,8-10,18H,4-7H2,1H3. The Balaban J connectivity index is 1.82. The summed E-state index contributed by atoms with van der Waals surface area (Å²) in [5, 5.41) is 7.45. The van der Waals surface area contributed by atoms with E-state index in [0.717, 1.165) is 54.6 Å². The van der Waals surface area contributed by atoms with E-state index < -0.39 is 0 Å². The number of hydrogen-bond donors (Lipinski definition) is 1. The summed E-state index contributed by atoms with van der Waals surface area (Å²) < 4.78 is 13.8. The van der Waals surface area contributed by atoms with Crippen molar-refractivity contribution >= 4 is 34.2 Å². The number of nitrogens with one attached hydrogen (secondary N) is 1. The highest BCUT2D eigenvalue weighted by Gasteiger charge is 2.24. The van der Waals surface area contributed by atoms with Gasteiger partial charge in [0.2, 0.25) is 0 Å². The number of rotatable bonds is 0. The Hall–Kier alpha value is -1.92. The zero-order valence-electron chi connectivity index (χ0n) is 12.3. The topological polar surface area (TPSA) is 30.9 Å². The van der Waals surface area contributed by atoms with Crippen molar-refractivity contribution < 1.29 is 4.39 Å². The van der Waals surface area contributed by atoms with Crippen molar-refractivity contribution in [3.63, 3.8) is 0 Å². The van der Waals surface area contributed by atoms with Crippen LogP contribution in [-0.4, -0.2) is 48.9 Å². The molecule has 2 aliphatic heterocycles. The van der Waals surface area contributed by atoms with Gasteiger partial charge in [0.25, 0.3) is 0 Å². The molecule has 1 fully saturated rings. The lowest BCUT2D eigenvalue weighted by molar-refractivity contribution is 0.216. The Morgan fingerprint density at radius 3 is 2.77 bits per heavy atom. The van der Waals surface area contributed by atoms with E-state index in [1.54, 1.807) is 23.5 Å². The maximum atomic E-state index is 13.8. The van der Waals surface area contributed by atoms with Crippen molar-refractivity contribution in [1.29, 1.82) is 0 Å². The van der Waals surface area contributed by atoms with Crippen LogP contribution in [0.5, 0.6) is 0 Å². The number of aliphatic imine (C=N–C) groups is 1. The molecular formula is C16H17FN4S. The zero-order valence-corrected chi connectivity index (χ0v) is 13.2. The molecule has 1 aromatic carbocycles. The summed E-state index contributed by atoms with van der Waals surface area (Å²) in [6, 6.07) is 4.86. The van der Waals surface area contributed by atoms with E-state index in [1.807, 2.05) is 10.8 Å². The molecule has 0 radical (unpaired) electrons. The molecule has 0 aliphatic carbocycles. The maximum absolute atomic E-state index is 13.8. The van der Waals surface area contributed by atoms with E-state index in [-0.39, 0.29) is 5.82 Å². The number of likely N-dealkylation sites (N-methyl/N-ethyl adjacent to an activating group) is 1. The van der Waals surface area contributed by atoms with Crippen molar-refractivity contribution in [2.24, 2.45) is 4.99 Å². The molecule has 2 aromatic rings. The summed E-state index contributed by atoms with van der Waals surface area (Å²) in [5.41, 5.74) is 3.67. The Kier molecular flexibility index (Phi) is 3.35. The van der Waals surface area contributed by atoms with Gasteiger partial charge in [0.05, 0.1) is 11.4 Å². The summed E-state index contributed by atoms with van der Waals surface area (Å²) in [6.07, 6.45) is 0. The summed E-state index contributed by atoms with van der Waals surface area (Å²) >= 11 is 1.62. The highest BCUT2D eigenvalue weighted by molar-refractivity contribution is 7.08. The number of nitrogens with zero attached hydrogens (tertiary/aromatic N) is 3. The molecule has 4 nitrogen and oxygen atoms in total. The predicted molar refractivity (Wildman–Crippen MR) is 89.3 cm³/mol. The van der Waals surface area contributed by atoms with Gasteiger partial charge in [0, 0.05) is 48.2 Å². The third-order valence-corrected chi connectivity index (χ3v) is 4.89. The quantitative estimate of drug-likeness (QED) is 0.809. The van der Waals surface area contributed by atoms with Crippen molar-refractivity contribution in [3.05, 3.63) is 40.3 Å². The smallest absolute Gasteiger partial charge is 0.138 e. The molecule has 2 aliphatic rings. The van der Waals surface area contributed by atoms with Gasteiger partial charge in [0.15, 0.2) is 0 Å². The van der Waals surface area contributed by atoms with Crippen LogP contribution in [0.1, 0.15) is 5.56 Å². The maximum Gasteiger partial charge on any atom is 0.138 e. The molecule has 0 amide bonds. The minimum Gasteiger partial charge on any atom is -0.353 e. The number of fused-ring (bicyclic) bond motifs is 2. The van der Waals surface area contributed by atoms with Crippen LogP contribution in [-0.2, 0) is 0 Å². The molecule has 1 aromatic heterocycles. The van der Waals surface area contributed by atoms with Gasteiger partial charge in [0.1, 0.15) is 11.7 Å². The molecule has 0 bridgehead atoms. The van der Waals surface area contributed by atoms with E-state index >= 15 is 0 Å². The van der Waals surface area contributed by atoms with E-state index in [0.29, 0.717) is 0 Å². The fraction of sp³-hybridized carbons (Fsp3) is 0.312. The highest BCUT2D eigenvalue weighted by Crippen LogP contribution is 2.37. The zero-order chi connectivity index (χ0) is 15.1. The predicted octanol–water partition coefficient (Wildman–Crippen LogP) is 3.27. The molecule has 3 heterocycles. The number of benzene rings is 1. The van der Waals surface area contributed by atoms with Crippen molar-refractivity contribution in [2.45, 2.75) is 0 Å². The minimum absolute atomic E-state index is 0.230. The Morgan fingerprint density at radius 1 is 1.14 bits per heavy atom. The Labute approximate surface area is 132 Å². The highest BCUT2D eigenvalue weighted by atomic mass is 32.1. The summed E-state index contributed by atoms with van der Waals surface area (Å²) in [6.45, 7) is 3.80. The number of halogens is 1. The average molecular weight is 316 g/mol. The largest absolute Gasteiger partial charge is 0.353 e. The SMILES string of the molecule is CN1CCN(C2=Nc3cscc3Nc3ccc(F)cc32)CC1. The molecule has 4 rings (SSSR count). The van der Waals surface area contributed by atoms with Crippen LogP contribution in [0, 0.1) is 5.82 Å². The minimum atomic E-state index is -0.230. The van der Waals surface area contributed by atoms with Gasteiger partial charge in [-0.1, -0.05) is 0 Å². The van der Waals surface area contributed by atoms with Gasteiger partial charge in [-0.2, -0.15) is 0 Å². The molecule has 0 unspecified atom stereocenters. The molecule has 6 heteroatoms. The van der Waals surface area contributed by atoms with E-state index in [9.17, 15) is 4.39 Å². The molecule has 0 saturated carbocycles. The Bertz CT molecular complexity index is 731. The number of piperazine rings is 1.